The molecule has 13 heavy (non-hydrogen) atoms. The van der Waals surface area contributed by atoms with E-state index in [1.54, 1.807) is 0 Å². The van der Waals surface area contributed by atoms with Crippen LogP contribution in [-0.4, -0.2) is 5.78 Å². The van der Waals surface area contributed by atoms with Gasteiger partial charge in [0.05, 0.1) is 0 Å². The molecule has 0 radical (unpaired) electrons. The van der Waals surface area contributed by atoms with E-state index in [0.717, 1.165) is 36.5 Å². The summed E-state index contributed by atoms with van der Waals surface area (Å²) < 4.78 is 0. The third-order valence-corrected chi connectivity index (χ3v) is 5.39. The van der Waals surface area contributed by atoms with Crippen LogP contribution in [0.1, 0.15) is 39.5 Å². The number of carbonyl (C=O) groups is 1. The van der Waals surface area contributed by atoms with Gasteiger partial charge in [-0.05, 0) is 41.9 Å². The Morgan fingerprint density at radius 1 is 1.08 bits per heavy atom. The molecule has 0 amide bonds. The van der Waals surface area contributed by atoms with Crippen molar-refractivity contribution in [2.75, 3.05) is 0 Å². The Kier molecular flexibility index (Phi) is 1.35. The Hall–Kier alpha value is -0.330. The van der Waals surface area contributed by atoms with Gasteiger partial charge in [-0.3, -0.25) is 4.79 Å². The molecule has 0 N–H and O–H groups in total. The first-order valence-corrected chi connectivity index (χ1v) is 5.65. The highest BCUT2D eigenvalue weighted by Gasteiger charge is 2.64. The summed E-state index contributed by atoms with van der Waals surface area (Å²) in [7, 11) is 0. The van der Waals surface area contributed by atoms with E-state index < -0.39 is 0 Å². The van der Waals surface area contributed by atoms with Crippen molar-refractivity contribution in [2.45, 2.75) is 39.5 Å². The van der Waals surface area contributed by atoms with Gasteiger partial charge < -0.3 is 0 Å². The molecule has 0 aromatic carbocycles. The smallest absolute Gasteiger partial charge is 0.133 e. The lowest BCUT2D eigenvalue weighted by molar-refractivity contribution is -0.117. The van der Waals surface area contributed by atoms with E-state index in [1.807, 2.05) is 0 Å². The third-order valence-electron chi connectivity index (χ3n) is 5.39. The van der Waals surface area contributed by atoms with Crippen LogP contribution in [0, 0.1) is 29.1 Å². The van der Waals surface area contributed by atoms with Crippen molar-refractivity contribution in [2.24, 2.45) is 29.1 Å². The van der Waals surface area contributed by atoms with Crippen molar-refractivity contribution in [3.05, 3.63) is 0 Å². The number of hydrogen-bond donors (Lipinski definition) is 0. The summed E-state index contributed by atoms with van der Waals surface area (Å²) in [4.78, 5) is 11.3. The summed E-state index contributed by atoms with van der Waals surface area (Å²) in [5, 5.41) is 0. The molecule has 1 spiro atoms. The minimum atomic E-state index is 0.533. The van der Waals surface area contributed by atoms with Crippen molar-refractivity contribution in [1.82, 2.24) is 0 Å². The monoisotopic (exact) mass is 178 g/mol. The Bertz CT molecular complexity index is 242. The minimum Gasteiger partial charge on any atom is -0.300 e. The Morgan fingerprint density at radius 3 is 1.92 bits per heavy atom. The van der Waals surface area contributed by atoms with E-state index in [1.165, 1.54) is 12.8 Å². The minimum absolute atomic E-state index is 0.533. The number of fused-ring (bicyclic) bond motifs is 1. The van der Waals surface area contributed by atoms with Gasteiger partial charge in [-0.15, -0.1) is 0 Å². The third kappa shape index (κ3) is 0.858. The highest BCUT2D eigenvalue weighted by molar-refractivity contribution is 5.81. The van der Waals surface area contributed by atoms with Gasteiger partial charge >= 0.3 is 0 Å². The van der Waals surface area contributed by atoms with Crippen molar-refractivity contribution in [3.8, 4) is 0 Å². The number of ketones is 1. The van der Waals surface area contributed by atoms with Gasteiger partial charge in [0.1, 0.15) is 5.78 Å². The lowest BCUT2D eigenvalue weighted by Gasteiger charge is -2.08. The molecule has 0 aromatic heterocycles. The molecule has 1 heteroatoms. The van der Waals surface area contributed by atoms with E-state index >= 15 is 0 Å². The second-order valence-corrected chi connectivity index (χ2v) is 5.69. The maximum atomic E-state index is 11.3. The molecule has 0 bridgehead atoms. The van der Waals surface area contributed by atoms with Crippen LogP contribution in [0.5, 0.6) is 0 Å². The number of Topliss-reactive ketones (excluding diaryl/α,β-unsaturated/α-hetero) is 1. The molecule has 3 saturated carbocycles. The zero-order chi connectivity index (χ0) is 9.22. The molecule has 72 valence electrons. The normalized spacial score (nSPS) is 58.8. The van der Waals surface area contributed by atoms with Crippen LogP contribution in [-0.2, 0) is 4.79 Å². The fourth-order valence-electron chi connectivity index (χ4n) is 4.23. The number of rotatable bonds is 0. The zero-order valence-corrected chi connectivity index (χ0v) is 8.55. The van der Waals surface area contributed by atoms with Crippen LogP contribution in [0.3, 0.4) is 0 Å². The van der Waals surface area contributed by atoms with Crippen molar-refractivity contribution >= 4 is 5.78 Å². The molecule has 0 aromatic rings. The van der Waals surface area contributed by atoms with E-state index in [2.05, 4.69) is 13.8 Å². The maximum absolute atomic E-state index is 11.3. The van der Waals surface area contributed by atoms with Gasteiger partial charge in [-0.2, -0.15) is 0 Å². The molecule has 3 aliphatic carbocycles. The molecule has 3 fully saturated rings. The molecule has 0 saturated heterocycles. The van der Waals surface area contributed by atoms with Crippen LogP contribution in [0.25, 0.3) is 0 Å². The number of hydrogen-bond acceptors (Lipinski definition) is 1. The van der Waals surface area contributed by atoms with Crippen LogP contribution >= 0.6 is 0 Å². The van der Waals surface area contributed by atoms with Gasteiger partial charge in [-0.1, -0.05) is 13.8 Å². The second-order valence-electron chi connectivity index (χ2n) is 5.69. The molecule has 3 aliphatic rings. The maximum Gasteiger partial charge on any atom is 0.133 e. The fraction of sp³-hybridized carbons (Fsp3) is 0.917. The highest BCUT2D eigenvalue weighted by atomic mass is 16.1. The summed E-state index contributed by atoms with van der Waals surface area (Å²) in [6.45, 7) is 4.79. The first-order valence-electron chi connectivity index (χ1n) is 5.65. The average molecular weight is 178 g/mol. The Morgan fingerprint density at radius 2 is 1.54 bits per heavy atom. The molecular weight excluding hydrogens is 160 g/mol. The van der Waals surface area contributed by atoms with Crippen LogP contribution in [0.2, 0.25) is 0 Å². The molecule has 1 nitrogen and oxygen atoms in total. The van der Waals surface area contributed by atoms with Gasteiger partial charge in [0.25, 0.3) is 0 Å². The van der Waals surface area contributed by atoms with Crippen molar-refractivity contribution in [3.63, 3.8) is 0 Å². The Labute approximate surface area is 79.9 Å². The van der Waals surface area contributed by atoms with Crippen LogP contribution in [0.4, 0.5) is 0 Å². The lowest BCUT2D eigenvalue weighted by atomic mass is 9.96. The Balaban J connectivity index is 1.79. The van der Waals surface area contributed by atoms with Crippen LogP contribution < -0.4 is 0 Å². The topological polar surface area (TPSA) is 17.1 Å². The summed E-state index contributed by atoms with van der Waals surface area (Å²) in [5.74, 6) is 3.96. The predicted molar refractivity (Wildman–Crippen MR) is 51.2 cm³/mol. The largest absolute Gasteiger partial charge is 0.300 e. The molecule has 0 aliphatic heterocycles. The zero-order valence-electron chi connectivity index (χ0n) is 8.55. The molecule has 0 heterocycles. The molecule has 4 atom stereocenters. The summed E-state index contributed by atoms with van der Waals surface area (Å²) in [5.41, 5.74) is 0.691. The first-order chi connectivity index (χ1) is 6.13. The summed E-state index contributed by atoms with van der Waals surface area (Å²) >= 11 is 0. The van der Waals surface area contributed by atoms with E-state index in [4.69, 9.17) is 0 Å². The SMILES string of the molecule is CC1C(C)C12CC1CC(=O)CC1C2. The van der Waals surface area contributed by atoms with Crippen LogP contribution in [0.15, 0.2) is 0 Å². The molecule has 3 rings (SSSR count). The van der Waals surface area contributed by atoms with E-state index in [9.17, 15) is 4.79 Å². The number of carbonyl (C=O) groups excluding carboxylic acids is 1. The lowest BCUT2D eigenvalue weighted by Crippen LogP contribution is -2.02. The summed E-state index contributed by atoms with van der Waals surface area (Å²) in [6, 6.07) is 0. The molecular formula is C12H18O. The fourth-order valence-corrected chi connectivity index (χ4v) is 4.23. The van der Waals surface area contributed by atoms with E-state index in [0.29, 0.717) is 11.2 Å². The quantitative estimate of drug-likeness (QED) is 0.557. The highest BCUT2D eigenvalue weighted by Crippen LogP contribution is 2.71. The standard InChI is InChI=1S/C12H18O/c1-7-8(2)12(7)5-9-3-11(13)4-10(9)6-12/h7-10H,3-6H2,1-2H3. The molecule has 4 unspecified atom stereocenters. The predicted octanol–water partition coefficient (Wildman–Crippen LogP) is 2.65. The van der Waals surface area contributed by atoms with Gasteiger partial charge in [0.15, 0.2) is 0 Å². The van der Waals surface area contributed by atoms with Gasteiger partial charge in [0, 0.05) is 12.8 Å². The summed E-state index contributed by atoms with van der Waals surface area (Å²) in [6.07, 6.45) is 4.55. The van der Waals surface area contributed by atoms with Gasteiger partial charge in [0.2, 0.25) is 0 Å². The van der Waals surface area contributed by atoms with Crippen molar-refractivity contribution in [1.29, 1.82) is 0 Å². The van der Waals surface area contributed by atoms with Crippen molar-refractivity contribution < 1.29 is 4.79 Å². The first kappa shape index (κ1) is 8.02. The van der Waals surface area contributed by atoms with E-state index in [-0.39, 0.29) is 0 Å². The van der Waals surface area contributed by atoms with Gasteiger partial charge in [-0.25, -0.2) is 0 Å². The second kappa shape index (κ2) is 2.18. The average Bonchev–Trinajstić information content (AvgIpc) is 2.49.